The molecule has 0 aromatic heterocycles. The first-order valence-corrected chi connectivity index (χ1v) is 6.19. The van der Waals surface area contributed by atoms with E-state index >= 15 is 0 Å². The summed E-state index contributed by atoms with van der Waals surface area (Å²) in [6.07, 6.45) is 9.86. The second-order valence-corrected chi connectivity index (χ2v) is 4.78. The molecular weight excluding hydrogens is 182 g/mol. The molecule has 0 atom stereocenters. The van der Waals surface area contributed by atoms with Crippen LogP contribution in [-0.2, 0) is 6.42 Å². The average molecular weight is 203 g/mol. The van der Waals surface area contributed by atoms with Crippen LogP contribution < -0.4 is 5.73 Å². The summed E-state index contributed by atoms with van der Waals surface area (Å²) < 4.78 is 0. The molecule has 1 aliphatic carbocycles. The summed E-state index contributed by atoms with van der Waals surface area (Å²) in [5.74, 6) is 0.983. The molecule has 0 unspecified atom stereocenters. The average Bonchev–Trinajstić information content (AvgIpc) is 2.30. The van der Waals surface area contributed by atoms with E-state index in [-0.39, 0.29) is 0 Å². The summed E-state index contributed by atoms with van der Waals surface area (Å²) in [5.41, 5.74) is 7.98. The van der Waals surface area contributed by atoms with Gasteiger partial charge in [-0.15, -0.1) is 0 Å². The number of benzene rings is 1. The molecule has 1 aliphatic rings. The third-order valence-electron chi connectivity index (χ3n) is 3.55. The Morgan fingerprint density at radius 3 is 2.33 bits per heavy atom. The van der Waals surface area contributed by atoms with Crippen molar-refractivity contribution >= 4 is 5.69 Å². The molecule has 2 rings (SSSR count). The van der Waals surface area contributed by atoms with Gasteiger partial charge >= 0.3 is 0 Å². The first kappa shape index (κ1) is 10.5. The van der Waals surface area contributed by atoms with Crippen molar-refractivity contribution in [2.24, 2.45) is 5.92 Å². The molecule has 0 heterocycles. The fraction of sp³-hybridized carbons (Fsp3) is 0.571. The van der Waals surface area contributed by atoms with Crippen LogP contribution in [0, 0.1) is 5.92 Å². The minimum Gasteiger partial charge on any atom is -0.399 e. The Labute approximate surface area is 92.7 Å². The lowest BCUT2D eigenvalue weighted by Crippen LogP contribution is -2.07. The van der Waals surface area contributed by atoms with E-state index in [0.29, 0.717) is 0 Å². The van der Waals surface area contributed by atoms with Crippen molar-refractivity contribution in [3.63, 3.8) is 0 Å². The molecule has 82 valence electrons. The van der Waals surface area contributed by atoms with E-state index in [1.807, 2.05) is 12.1 Å². The third-order valence-corrected chi connectivity index (χ3v) is 3.55. The highest BCUT2D eigenvalue weighted by atomic mass is 14.5. The minimum absolute atomic E-state index is 0.872. The molecule has 1 aromatic carbocycles. The molecule has 0 bridgehead atoms. The number of rotatable bonds is 3. The van der Waals surface area contributed by atoms with Gasteiger partial charge in [0.25, 0.3) is 0 Å². The zero-order valence-electron chi connectivity index (χ0n) is 9.41. The summed E-state index contributed by atoms with van der Waals surface area (Å²) in [6.45, 7) is 0. The van der Waals surface area contributed by atoms with Gasteiger partial charge in [0, 0.05) is 5.69 Å². The van der Waals surface area contributed by atoms with Gasteiger partial charge in [0.15, 0.2) is 0 Å². The first-order valence-electron chi connectivity index (χ1n) is 6.19. The molecule has 0 spiro atoms. The van der Waals surface area contributed by atoms with Gasteiger partial charge in [-0.2, -0.15) is 0 Å². The van der Waals surface area contributed by atoms with Crippen LogP contribution in [0.5, 0.6) is 0 Å². The highest BCUT2D eigenvalue weighted by molar-refractivity contribution is 5.39. The molecule has 1 aromatic rings. The van der Waals surface area contributed by atoms with Gasteiger partial charge in [0.2, 0.25) is 0 Å². The normalized spacial score (nSPS) is 17.9. The van der Waals surface area contributed by atoms with Crippen LogP contribution in [-0.4, -0.2) is 0 Å². The summed E-state index contributed by atoms with van der Waals surface area (Å²) in [4.78, 5) is 0. The lowest BCUT2D eigenvalue weighted by Gasteiger charge is -2.21. The van der Waals surface area contributed by atoms with Crippen LogP contribution in [0.15, 0.2) is 24.3 Å². The van der Waals surface area contributed by atoms with Gasteiger partial charge in [-0.25, -0.2) is 0 Å². The number of hydrogen-bond donors (Lipinski definition) is 1. The summed E-state index contributed by atoms with van der Waals surface area (Å²) in [6, 6.07) is 8.35. The monoisotopic (exact) mass is 203 g/mol. The molecule has 0 saturated heterocycles. The Hall–Kier alpha value is -0.980. The molecule has 1 saturated carbocycles. The fourth-order valence-corrected chi connectivity index (χ4v) is 2.53. The largest absolute Gasteiger partial charge is 0.399 e. The van der Waals surface area contributed by atoms with E-state index in [4.69, 9.17) is 5.73 Å². The van der Waals surface area contributed by atoms with Gasteiger partial charge in [-0.05, 0) is 36.5 Å². The van der Waals surface area contributed by atoms with Crippen molar-refractivity contribution in [3.05, 3.63) is 29.8 Å². The molecule has 0 radical (unpaired) electrons. The van der Waals surface area contributed by atoms with Crippen molar-refractivity contribution in [3.8, 4) is 0 Å². The molecule has 1 fully saturated rings. The standard InChI is InChI=1S/C14H21N/c15-14-10-8-13(9-11-14)7-6-12-4-2-1-3-5-12/h8-12H,1-7,15H2. The molecule has 0 aliphatic heterocycles. The van der Waals surface area contributed by atoms with E-state index < -0.39 is 0 Å². The van der Waals surface area contributed by atoms with Crippen molar-refractivity contribution < 1.29 is 0 Å². The Morgan fingerprint density at radius 2 is 1.67 bits per heavy atom. The van der Waals surface area contributed by atoms with Crippen molar-refractivity contribution in [1.29, 1.82) is 0 Å². The summed E-state index contributed by atoms with van der Waals surface area (Å²) >= 11 is 0. The van der Waals surface area contributed by atoms with Gasteiger partial charge in [0.05, 0.1) is 0 Å². The van der Waals surface area contributed by atoms with Crippen LogP contribution in [0.4, 0.5) is 5.69 Å². The fourth-order valence-electron chi connectivity index (χ4n) is 2.53. The van der Waals surface area contributed by atoms with Gasteiger partial charge in [-0.3, -0.25) is 0 Å². The molecule has 15 heavy (non-hydrogen) atoms. The van der Waals surface area contributed by atoms with Gasteiger partial charge < -0.3 is 5.73 Å². The number of nitrogen functional groups attached to an aromatic ring is 1. The zero-order valence-corrected chi connectivity index (χ0v) is 9.41. The van der Waals surface area contributed by atoms with Crippen LogP contribution in [0.25, 0.3) is 0 Å². The van der Waals surface area contributed by atoms with Gasteiger partial charge in [0.1, 0.15) is 0 Å². The lowest BCUT2D eigenvalue weighted by atomic mass is 9.85. The van der Waals surface area contributed by atoms with E-state index in [1.54, 1.807) is 0 Å². The molecule has 2 N–H and O–H groups in total. The SMILES string of the molecule is Nc1ccc(CCC2CCCCC2)cc1. The van der Waals surface area contributed by atoms with E-state index in [2.05, 4.69) is 12.1 Å². The number of aryl methyl sites for hydroxylation is 1. The third kappa shape index (κ3) is 3.26. The quantitative estimate of drug-likeness (QED) is 0.743. The zero-order chi connectivity index (χ0) is 10.5. The van der Waals surface area contributed by atoms with Crippen molar-refractivity contribution in [1.82, 2.24) is 0 Å². The van der Waals surface area contributed by atoms with Crippen LogP contribution >= 0.6 is 0 Å². The predicted molar refractivity (Wildman–Crippen MR) is 65.8 cm³/mol. The molecule has 1 heteroatoms. The number of hydrogen-bond acceptors (Lipinski definition) is 1. The second-order valence-electron chi connectivity index (χ2n) is 4.78. The highest BCUT2D eigenvalue weighted by Crippen LogP contribution is 2.27. The van der Waals surface area contributed by atoms with Crippen LogP contribution in [0.1, 0.15) is 44.1 Å². The summed E-state index contributed by atoms with van der Waals surface area (Å²) in [5, 5.41) is 0. The smallest absolute Gasteiger partial charge is 0.0314 e. The minimum atomic E-state index is 0.872. The highest BCUT2D eigenvalue weighted by Gasteiger charge is 2.12. The number of nitrogens with two attached hydrogens (primary N) is 1. The lowest BCUT2D eigenvalue weighted by molar-refractivity contribution is 0.339. The Kier molecular flexibility index (Phi) is 3.65. The number of anilines is 1. The Bertz CT molecular complexity index is 283. The summed E-state index contributed by atoms with van der Waals surface area (Å²) in [7, 11) is 0. The van der Waals surface area contributed by atoms with E-state index in [1.165, 1.54) is 50.5 Å². The van der Waals surface area contributed by atoms with E-state index in [0.717, 1.165) is 11.6 Å². The first-order chi connectivity index (χ1) is 7.34. The van der Waals surface area contributed by atoms with Crippen molar-refractivity contribution in [2.75, 3.05) is 5.73 Å². The maximum absolute atomic E-state index is 5.67. The Morgan fingerprint density at radius 1 is 1.00 bits per heavy atom. The maximum Gasteiger partial charge on any atom is 0.0314 e. The van der Waals surface area contributed by atoms with Gasteiger partial charge in [-0.1, -0.05) is 44.2 Å². The van der Waals surface area contributed by atoms with Crippen LogP contribution in [0.2, 0.25) is 0 Å². The predicted octanol–water partition coefficient (Wildman–Crippen LogP) is 3.78. The van der Waals surface area contributed by atoms with Crippen molar-refractivity contribution in [2.45, 2.75) is 44.9 Å². The Balaban J connectivity index is 1.79. The van der Waals surface area contributed by atoms with E-state index in [9.17, 15) is 0 Å². The maximum atomic E-state index is 5.67. The van der Waals surface area contributed by atoms with Crippen LogP contribution in [0.3, 0.4) is 0 Å². The topological polar surface area (TPSA) is 26.0 Å². The molecular formula is C14H21N. The molecule has 1 nitrogen and oxygen atoms in total. The molecule has 0 amide bonds. The second kappa shape index (κ2) is 5.20.